The van der Waals surface area contributed by atoms with Crippen molar-refractivity contribution in [3.05, 3.63) is 47.3 Å². The molecule has 0 saturated heterocycles. The Hall–Kier alpha value is -1.26. The molecular formula is C15H18N2OS. The van der Waals surface area contributed by atoms with Gasteiger partial charge in [-0.25, -0.2) is 4.98 Å². The van der Waals surface area contributed by atoms with Crippen LogP contribution >= 0.6 is 11.8 Å². The highest BCUT2D eigenvalue weighted by molar-refractivity contribution is 7.99. The van der Waals surface area contributed by atoms with Crippen LogP contribution in [0.15, 0.2) is 35.6 Å². The van der Waals surface area contributed by atoms with Gasteiger partial charge in [-0.1, -0.05) is 36.0 Å². The Morgan fingerprint density at radius 3 is 3.05 bits per heavy atom. The van der Waals surface area contributed by atoms with Gasteiger partial charge in [0.2, 0.25) is 0 Å². The van der Waals surface area contributed by atoms with Crippen molar-refractivity contribution in [1.82, 2.24) is 9.55 Å². The van der Waals surface area contributed by atoms with Gasteiger partial charge in [-0.05, 0) is 30.4 Å². The first-order valence-electron chi connectivity index (χ1n) is 6.65. The minimum atomic E-state index is 0.0469. The summed E-state index contributed by atoms with van der Waals surface area (Å²) in [6.45, 7) is 0.0469. The van der Waals surface area contributed by atoms with Crippen LogP contribution in [0.4, 0.5) is 0 Å². The van der Waals surface area contributed by atoms with Gasteiger partial charge in [0.25, 0.3) is 0 Å². The van der Waals surface area contributed by atoms with Crippen LogP contribution in [0.1, 0.15) is 34.9 Å². The topological polar surface area (TPSA) is 38.0 Å². The van der Waals surface area contributed by atoms with E-state index in [0.717, 1.165) is 10.9 Å². The minimum Gasteiger partial charge on any atom is -0.390 e. The summed E-state index contributed by atoms with van der Waals surface area (Å²) in [5, 5.41) is 10.7. The largest absolute Gasteiger partial charge is 0.390 e. The van der Waals surface area contributed by atoms with Crippen molar-refractivity contribution >= 4 is 11.8 Å². The van der Waals surface area contributed by atoms with Crippen molar-refractivity contribution in [3.63, 3.8) is 0 Å². The number of thioether (sulfide) groups is 1. The number of nitrogens with zero attached hydrogens (tertiary/aromatic N) is 2. The standard InChI is InChI=1S/C15H18N2OS/c1-17-12(10-18)9-16-15(17)19-14-8-4-6-11-5-2-3-7-13(11)14/h2-3,5,7,9,14,18H,4,6,8,10H2,1H3. The van der Waals surface area contributed by atoms with E-state index in [-0.39, 0.29) is 6.61 Å². The maximum absolute atomic E-state index is 9.23. The van der Waals surface area contributed by atoms with Gasteiger partial charge < -0.3 is 9.67 Å². The number of aromatic nitrogens is 2. The highest BCUT2D eigenvalue weighted by Crippen LogP contribution is 2.42. The molecule has 0 spiro atoms. The monoisotopic (exact) mass is 274 g/mol. The minimum absolute atomic E-state index is 0.0469. The second-order valence-electron chi connectivity index (χ2n) is 4.95. The second-order valence-corrected chi connectivity index (χ2v) is 6.12. The van der Waals surface area contributed by atoms with E-state index >= 15 is 0 Å². The van der Waals surface area contributed by atoms with Crippen LogP contribution in [0.2, 0.25) is 0 Å². The van der Waals surface area contributed by atoms with E-state index in [1.165, 1.54) is 30.4 Å². The van der Waals surface area contributed by atoms with Crippen molar-refractivity contribution in [2.45, 2.75) is 36.3 Å². The van der Waals surface area contributed by atoms with Gasteiger partial charge in [-0.2, -0.15) is 0 Å². The number of aryl methyl sites for hydroxylation is 1. The highest BCUT2D eigenvalue weighted by atomic mass is 32.2. The number of hydrogen-bond acceptors (Lipinski definition) is 3. The van der Waals surface area contributed by atoms with Gasteiger partial charge in [-0.15, -0.1) is 0 Å². The predicted molar refractivity (Wildman–Crippen MR) is 77.1 cm³/mol. The number of hydrogen-bond donors (Lipinski definition) is 1. The molecule has 1 aliphatic carbocycles. The van der Waals surface area contributed by atoms with Gasteiger partial charge >= 0.3 is 0 Å². The van der Waals surface area contributed by atoms with E-state index in [4.69, 9.17) is 0 Å². The lowest BCUT2D eigenvalue weighted by atomic mass is 9.91. The molecule has 2 aromatic rings. The molecule has 3 rings (SSSR count). The SMILES string of the molecule is Cn1c(CO)cnc1SC1CCCc2ccccc21. The van der Waals surface area contributed by atoms with Crippen molar-refractivity contribution in [1.29, 1.82) is 0 Å². The van der Waals surface area contributed by atoms with E-state index in [1.54, 1.807) is 6.20 Å². The molecule has 100 valence electrons. The fourth-order valence-electron chi connectivity index (χ4n) is 2.64. The van der Waals surface area contributed by atoms with E-state index in [1.807, 2.05) is 23.4 Å². The Balaban J connectivity index is 1.86. The Kier molecular flexibility index (Phi) is 3.62. The third-order valence-electron chi connectivity index (χ3n) is 3.77. The molecular weight excluding hydrogens is 256 g/mol. The summed E-state index contributed by atoms with van der Waals surface area (Å²) in [4.78, 5) is 4.42. The van der Waals surface area contributed by atoms with Crippen LogP contribution in [0, 0.1) is 0 Å². The van der Waals surface area contributed by atoms with E-state index in [0.29, 0.717) is 5.25 Å². The van der Waals surface area contributed by atoms with Crippen LogP contribution < -0.4 is 0 Å². The lowest BCUT2D eigenvalue weighted by Crippen LogP contribution is -2.08. The summed E-state index contributed by atoms with van der Waals surface area (Å²) in [5.41, 5.74) is 3.79. The molecule has 19 heavy (non-hydrogen) atoms. The smallest absolute Gasteiger partial charge is 0.168 e. The van der Waals surface area contributed by atoms with Gasteiger partial charge in [-0.3, -0.25) is 0 Å². The van der Waals surface area contributed by atoms with Gasteiger partial charge in [0.05, 0.1) is 18.5 Å². The lowest BCUT2D eigenvalue weighted by molar-refractivity contribution is 0.271. The highest BCUT2D eigenvalue weighted by Gasteiger charge is 2.22. The third-order valence-corrected chi connectivity index (χ3v) is 5.13. The summed E-state index contributed by atoms with van der Waals surface area (Å²) >= 11 is 1.81. The quantitative estimate of drug-likeness (QED) is 0.934. The van der Waals surface area contributed by atoms with Crippen molar-refractivity contribution in [2.75, 3.05) is 0 Å². The molecule has 1 aliphatic rings. The van der Waals surface area contributed by atoms with Crippen LogP contribution in [-0.4, -0.2) is 14.7 Å². The van der Waals surface area contributed by atoms with Crippen LogP contribution in [-0.2, 0) is 20.1 Å². The zero-order valence-electron chi connectivity index (χ0n) is 11.0. The number of fused-ring (bicyclic) bond motifs is 1. The van der Waals surface area contributed by atoms with Crippen molar-refractivity contribution in [2.24, 2.45) is 7.05 Å². The predicted octanol–water partition coefficient (Wildman–Crippen LogP) is 3.08. The summed E-state index contributed by atoms with van der Waals surface area (Å²) in [6, 6.07) is 8.72. The molecule has 3 nitrogen and oxygen atoms in total. The Labute approximate surface area is 117 Å². The Morgan fingerprint density at radius 2 is 2.26 bits per heavy atom. The average Bonchev–Trinajstić information content (AvgIpc) is 2.80. The Bertz CT molecular complexity index is 579. The first-order valence-corrected chi connectivity index (χ1v) is 7.53. The van der Waals surface area contributed by atoms with Gasteiger partial charge in [0.1, 0.15) is 0 Å². The molecule has 1 N–H and O–H groups in total. The molecule has 0 amide bonds. The summed E-state index contributed by atoms with van der Waals surface area (Å²) in [7, 11) is 1.97. The molecule has 1 aromatic carbocycles. The average molecular weight is 274 g/mol. The molecule has 1 unspecified atom stereocenters. The van der Waals surface area contributed by atoms with Gasteiger partial charge in [0.15, 0.2) is 5.16 Å². The fraction of sp³-hybridized carbons (Fsp3) is 0.400. The summed E-state index contributed by atoms with van der Waals surface area (Å²) in [6.07, 6.45) is 5.39. The van der Waals surface area contributed by atoms with E-state index in [2.05, 4.69) is 29.2 Å². The molecule has 0 bridgehead atoms. The number of benzene rings is 1. The molecule has 4 heteroatoms. The van der Waals surface area contributed by atoms with Crippen molar-refractivity contribution in [3.8, 4) is 0 Å². The van der Waals surface area contributed by atoms with Crippen LogP contribution in [0.25, 0.3) is 0 Å². The molecule has 0 radical (unpaired) electrons. The fourth-order valence-corrected chi connectivity index (χ4v) is 3.93. The molecule has 1 aromatic heterocycles. The van der Waals surface area contributed by atoms with Crippen molar-refractivity contribution < 1.29 is 5.11 Å². The second kappa shape index (κ2) is 5.39. The molecule has 1 atom stereocenters. The van der Waals surface area contributed by atoms with E-state index < -0.39 is 0 Å². The zero-order valence-corrected chi connectivity index (χ0v) is 11.9. The third kappa shape index (κ3) is 2.42. The first-order chi connectivity index (χ1) is 9.29. The lowest BCUT2D eigenvalue weighted by Gasteiger charge is -2.24. The summed E-state index contributed by atoms with van der Waals surface area (Å²) in [5.74, 6) is 0. The molecule has 0 saturated carbocycles. The Morgan fingerprint density at radius 1 is 1.42 bits per heavy atom. The zero-order chi connectivity index (χ0) is 13.2. The normalized spacial score (nSPS) is 18.3. The summed E-state index contributed by atoms with van der Waals surface area (Å²) < 4.78 is 1.99. The molecule has 1 heterocycles. The maximum atomic E-state index is 9.23. The number of aliphatic hydroxyl groups is 1. The number of aliphatic hydroxyl groups excluding tert-OH is 1. The first kappa shape index (κ1) is 12.8. The number of imidazole rings is 1. The van der Waals surface area contributed by atoms with Gasteiger partial charge in [0, 0.05) is 12.3 Å². The molecule has 0 fully saturated rings. The number of rotatable bonds is 3. The van der Waals surface area contributed by atoms with Crippen LogP contribution in [0.5, 0.6) is 0 Å². The van der Waals surface area contributed by atoms with E-state index in [9.17, 15) is 5.11 Å². The van der Waals surface area contributed by atoms with Crippen LogP contribution in [0.3, 0.4) is 0 Å². The maximum Gasteiger partial charge on any atom is 0.168 e. The molecule has 0 aliphatic heterocycles.